The molecule has 1 heterocycles. The van der Waals surface area contributed by atoms with Gasteiger partial charge in [-0.2, -0.15) is 0 Å². The van der Waals surface area contributed by atoms with E-state index in [4.69, 9.17) is 0 Å². The van der Waals surface area contributed by atoms with Gasteiger partial charge in [-0.15, -0.1) is 11.8 Å². The summed E-state index contributed by atoms with van der Waals surface area (Å²) in [5.41, 5.74) is 2.40. The zero-order valence-corrected chi connectivity index (χ0v) is 13.7. The molecule has 0 aliphatic carbocycles. The first-order valence-corrected chi connectivity index (χ1v) is 8.20. The number of hydrogen-bond donors (Lipinski definition) is 3. The molecule has 0 fully saturated rings. The second-order valence-corrected chi connectivity index (χ2v) is 7.07. The number of carbonyl (C=O) groups excluding carboxylic acids is 1. The van der Waals surface area contributed by atoms with Crippen molar-refractivity contribution in [2.24, 2.45) is 0 Å². The van der Waals surface area contributed by atoms with Crippen LogP contribution < -0.4 is 11.0 Å². The Morgan fingerprint density at radius 3 is 2.61 bits per heavy atom. The number of imidazole rings is 1. The minimum Gasteiger partial charge on any atom is -0.322 e. The van der Waals surface area contributed by atoms with Crippen molar-refractivity contribution in [2.45, 2.75) is 24.0 Å². The lowest BCUT2D eigenvalue weighted by molar-refractivity contribution is 0.102. The number of aromatic nitrogens is 2. The highest BCUT2D eigenvalue weighted by Gasteiger charge is 2.13. The zero-order valence-electron chi connectivity index (χ0n) is 12.8. The molecule has 0 radical (unpaired) electrons. The van der Waals surface area contributed by atoms with Crippen molar-refractivity contribution >= 4 is 34.4 Å². The Balaban J connectivity index is 1.87. The molecule has 0 saturated carbocycles. The number of nitrogens with one attached hydrogen (secondary N) is 3. The molecule has 3 N–H and O–H groups in total. The van der Waals surface area contributed by atoms with Crippen LogP contribution in [-0.2, 0) is 0 Å². The van der Waals surface area contributed by atoms with Crippen LogP contribution in [0.25, 0.3) is 11.0 Å². The van der Waals surface area contributed by atoms with Gasteiger partial charge >= 0.3 is 5.69 Å². The second-order valence-electron chi connectivity index (χ2n) is 5.46. The Morgan fingerprint density at radius 1 is 1.09 bits per heavy atom. The van der Waals surface area contributed by atoms with Gasteiger partial charge < -0.3 is 15.3 Å². The second kappa shape index (κ2) is 6.34. The van der Waals surface area contributed by atoms with Crippen molar-refractivity contribution in [2.75, 3.05) is 5.32 Å². The number of rotatable bonds is 4. The molecule has 0 aliphatic rings. The Kier molecular flexibility index (Phi) is 4.25. The average molecular weight is 327 g/mol. The molecule has 6 heteroatoms. The maximum Gasteiger partial charge on any atom is 0.323 e. The first-order chi connectivity index (χ1) is 11.0. The summed E-state index contributed by atoms with van der Waals surface area (Å²) in [6.07, 6.45) is 0. The van der Waals surface area contributed by atoms with Gasteiger partial charge in [0.1, 0.15) is 0 Å². The number of benzene rings is 2. The van der Waals surface area contributed by atoms with Crippen molar-refractivity contribution in [1.29, 1.82) is 0 Å². The number of amides is 1. The predicted molar refractivity (Wildman–Crippen MR) is 94.3 cm³/mol. The summed E-state index contributed by atoms with van der Waals surface area (Å²) in [6, 6.07) is 12.8. The molecule has 3 aromatic rings. The molecule has 5 nitrogen and oxygen atoms in total. The number of fused-ring (bicyclic) bond motifs is 1. The summed E-state index contributed by atoms with van der Waals surface area (Å²) >= 11 is 1.66. The molecule has 0 spiro atoms. The monoisotopic (exact) mass is 327 g/mol. The number of H-pyrrole nitrogens is 2. The molecular weight excluding hydrogens is 310 g/mol. The Hall–Kier alpha value is -2.47. The SMILES string of the molecule is CC(C)Sc1ccccc1C(=O)Nc1ccc2[nH]c(=O)[nH]c2c1. The maximum absolute atomic E-state index is 12.6. The lowest BCUT2D eigenvalue weighted by Gasteiger charge is -2.11. The average Bonchev–Trinajstić information content (AvgIpc) is 2.86. The van der Waals surface area contributed by atoms with E-state index in [0.717, 1.165) is 4.90 Å². The third kappa shape index (κ3) is 3.48. The van der Waals surface area contributed by atoms with E-state index in [9.17, 15) is 9.59 Å². The third-order valence-corrected chi connectivity index (χ3v) is 4.35. The molecule has 1 amide bonds. The van der Waals surface area contributed by atoms with Gasteiger partial charge in [0.25, 0.3) is 5.91 Å². The van der Waals surface area contributed by atoms with E-state index in [1.54, 1.807) is 30.0 Å². The summed E-state index contributed by atoms with van der Waals surface area (Å²) in [6.45, 7) is 4.19. The van der Waals surface area contributed by atoms with Gasteiger partial charge in [0.15, 0.2) is 0 Å². The minimum atomic E-state index is -0.262. The summed E-state index contributed by atoms with van der Waals surface area (Å²) in [5.74, 6) is -0.161. The number of aromatic amines is 2. The molecule has 0 saturated heterocycles. The van der Waals surface area contributed by atoms with Crippen LogP contribution in [0.3, 0.4) is 0 Å². The molecule has 23 heavy (non-hydrogen) atoms. The molecule has 0 atom stereocenters. The number of thioether (sulfide) groups is 1. The van der Waals surface area contributed by atoms with Crippen molar-refractivity contribution in [3.63, 3.8) is 0 Å². The molecule has 2 aromatic carbocycles. The van der Waals surface area contributed by atoms with E-state index in [2.05, 4.69) is 29.1 Å². The summed E-state index contributed by atoms with van der Waals surface area (Å²) < 4.78 is 0. The van der Waals surface area contributed by atoms with Gasteiger partial charge in [0.05, 0.1) is 16.6 Å². The number of anilines is 1. The first-order valence-electron chi connectivity index (χ1n) is 7.32. The standard InChI is InChI=1S/C17H17N3O2S/c1-10(2)23-15-6-4-3-5-12(15)16(21)18-11-7-8-13-14(9-11)20-17(22)19-13/h3-10H,1-2H3,(H,18,21)(H2,19,20,22). The van der Waals surface area contributed by atoms with Crippen molar-refractivity contribution in [3.05, 3.63) is 58.5 Å². The quantitative estimate of drug-likeness (QED) is 0.641. The molecular formula is C17H17N3O2S. The van der Waals surface area contributed by atoms with E-state index in [-0.39, 0.29) is 11.6 Å². The largest absolute Gasteiger partial charge is 0.323 e. The lowest BCUT2D eigenvalue weighted by Crippen LogP contribution is -2.13. The Labute approximate surface area is 137 Å². The molecule has 3 rings (SSSR count). The van der Waals surface area contributed by atoms with Crippen molar-refractivity contribution < 1.29 is 4.79 Å². The topological polar surface area (TPSA) is 77.8 Å². The fourth-order valence-corrected chi connectivity index (χ4v) is 3.27. The Bertz CT molecular complexity index is 911. The van der Waals surface area contributed by atoms with Crippen LogP contribution >= 0.6 is 11.8 Å². The summed E-state index contributed by atoms with van der Waals surface area (Å²) in [4.78, 5) is 30.2. The highest BCUT2D eigenvalue weighted by molar-refractivity contribution is 8.00. The van der Waals surface area contributed by atoms with Crippen molar-refractivity contribution in [3.8, 4) is 0 Å². The first kappa shape index (κ1) is 15.4. The molecule has 118 valence electrons. The summed E-state index contributed by atoms with van der Waals surface area (Å²) in [7, 11) is 0. The van der Waals surface area contributed by atoms with Crippen molar-refractivity contribution in [1.82, 2.24) is 9.97 Å². The van der Waals surface area contributed by atoms with E-state index in [0.29, 0.717) is 27.5 Å². The van der Waals surface area contributed by atoms with Gasteiger partial charge in [-0.25, -0.2) is 4.79 Å². The highest BCUT2D eigenvalue weighted by atomic mass is 32.2. The van der Waals surface area contributed by atoms with Gasteiger partial charge in [0, 0.05) is 15.8 Å². The molecule has 1 aromatic heterocycles. The fraction of sp³-hybridized carbons (Fsp3) is 0.176. The number of hydrogen-bond acceptors (Lipinski definition) is 3. The van der Waals surface area contributed by atoms with Crippen LogP contribution in [-0.4, -0.2) is 21.1 Å². The zero-order chi connectivity index (χ0) is 16.4. The van der Waals surface area contributed by atoms with E-state index in [1.165, 1.54) is 0 Å². The third-order valence-electron chi connectivity index (χ3n) is 3.27. The van der Waals surface area contributed by atoms with Gasteiger partial charge in [-0.3, -0.25) is 4.79 Å². The fourth-order valence-electron chi connectivity index (χ4n) is 2.32. The smallest absolute Gasteiger partial charge is 0.322 e. The molecule has 0 aliphatic heterocycles. The van der Waals surface area contributed by atoms with Crippen LogP contribution in [0.15, 0.2) is 52.2 Å². The van der Waals surface area contributed by atoms with Crippen LogP contribution in [0, 0.1) is 0 Å². The normalized spacial score (nSPS) is 11.1. The lowest BCUT2D eigenvalue weighted by atomic mass is 10.2. The highest BCUT2D eigenvalue weighted by Crippen LogP contribution is 2.27. The van der Waals surface area contributed by atoms with Crippen LogP contribution in [0.5, 0.6) is 0 Å². The van der Waals surface area contributed by atoms with E-state index in [1.807, 2.05) is 24.3 Å². The molecule has 0 bridgehead atoms. The van der Waals surface area contributed by atoms with Gasteiger partial charge in [-0.05, 0) is 30.3 Å². The molecule has 0 unspecified atom stereocenters. The van der Waals surface area contributed by atoms with Gasteiger partial charge in [-0.1, -0.05) is 26.0 Å². The maximum atomic E-state index is 12.6. The minimum absolute atomic E-state index is 0.161. The predicted octanol–water partition coefficient (Wildman–Crippen LogP) is 3.61. The summed E-state index contributed by atoms with van der Waals surface area (Å²) in [5, 5.41) is 3.28. The Morgan fingerprint density at radius 2 is 1.83 bits per heavy atom. The van der Waals surface area contributed by atoms with Gasteiger partial charge in [0.2, 0.25) is 0 Å². The van der Waals surface area contributed by atoms with E-state index < -0.39 is 0 Å². The number of carbonyl (C=O) groups is 1. The van der Waals surface area contributed by atoms with Crippen LogP contribution in [0.2, 0.25) is 0 Å². The van der Waals surface area contributed by atoms with E-state index >= 15 is 0 Å². The van der Waals surface area contributed by atoms with Crippen LogP contribution in [0.4, 0.5) is 5.69 Å². The van der Waals surface area contributed by atoms with Crippen LogP contribution in [0.1, 0.15) is 24.2 Å².